The van der Waals surface area contributed by atoms with Crippen molar-refractivity contribution in [2.75, 3.05) is 5.32 Å². The number of nitrogens with one attached hydrogen (secondary N) is 1. The van der Waals surface area contributed by atoms with Crippen molar-refractivity contribution in [2.24, 2.45) is 10.6 Å². The van der Waals surface area contributed by atoms with Gasteiger partial charge in [0.05, 0.1) is 17.0 Å². The van der Waals surface area contributed by atoms with E-state index in [2.05, 4.69) is 29.5 Å². The first-order valence-corrected chi connectivity index (χ1v) is 7.09. The molecule has 0 saturated carbocycles. The summed E-state index contributed by atoms with van der Waals surface area (Å²) in [5, 5.41) is 20.6. The molecular weight excluding hydrogens is 290 g/mol. The van der Waals surface area contributed by atoms with Gasteiger partial charge in [0.2, 0.25) is 5.88 Å². The van der Waals surface area contributed by atoms with Gasteiger partial charge in [-0.3, -0.25) is 0 Å². The molecule has 6 heteroatoms. The smallest absolute Gasteiger partial charge is 0.238 e. The van der Waals surface area contributed by atoms with E-state index in [1.807, 2.05) is 12.1 Å². The normalized spacial score (nSPS) is 18.5. The summed E-state index contributed by atoms with van der Waals surface area (Å²) in [6, 6.07) is 7.27. The molecule has 0 fully saturated rings. The Balaban J connectivity index is 1.96. The predicted molar refractivity (Wildman–Crippen MR) is 81.7 cm³/mol. The number of anilines is 2. The third-order valence-corrected chi connectivity index (χ3v) is 3.82. The predicted octanol–water partition coefficient (Wildman–Crippen LogP) is 4.22. The van der Waals surface area contributed by atoms with Crippen LogP contribution in [0.1, 0.15) is 31.5 Å². The van der Waals surface area contributed by atoms with Crippen LogP contribution in [-0.2, 0) is 6.42 Å². The van der Waals surface area contributed by atoms with Crippen LogP contribution in [0.2, 0.25) is 5.02 Å². The van der Waals surface area contributed by atoms with Crippen molar-refractivity contribution in [2.45, 2.75) is 26.7 Å². The fraction of sp³-hybridized carbons (Fsp3) is 0.333. The molecule has 1 aliphatic carbocycles. The number of rotatable bonds is 2. The zero-order chi connectivity index (χ0) is 15.0. The molecule has 1 aliphatic rings. The highest BCUT2D eigenvalue weighted by molar-refractivity contribution is 6.30. The van der Waals surface area contributed by atoms with Crippen LogP contribution in [0.3, 0.4) is 0 Å². The average molecular weight is 306 g/mol. The van der Waals surface area contributed by atoms with Crippen molar-refractivity contribution < 1.29 is 9.73 Å². The van der Waals surface area contributed by atoms with Gasteiger partial charge in [-0.2, -0.15) is 0 Å². The first-order chi connectivity index (χ1) is 9.98. The third-order valence-electron chi connectivity index (χ3n) is 3.57. The van der Waals surface area contributed by atoms with E-state index in [0.717, 1.165) is 23.4 Å². The molecule has 2 N–H and O–H groups in total. The summed E-state index contributed by atoms with van der Waals surface area (Å²) in [6.07, 6.45) is 1.46. The molecule has 0 bridgehead atoms. The topological polar surface area (TPSA) is 70.7 Å². The zero-order valence-electron chi connectivity index (χ0n) is 11.9. The van der Waals surface area contributed by atoms with Gasteiger partial charge in [-0.15, -0.1) is 0 Å². The second kappa shape index (κ2) is 5.07. The molecule has 0 unspecified atom stereocenters. The average Bonchev–Trinajstić information content (AvgIpc) is 2.82. The maximum Gasteiger partial charge on any atom is 0.238 e. The van der Waals surface area contributed by atoms with Crippen LogP contribution in [0, 0.1) is 5.41 Å². The minimum absolute atomic E-state index is 0.00296. The number of oxime groups is 1. The zero-order valence-corrected chi connectivity index (χ0v) is 12.6. The van der Waals surface area contributed by atoms with Crippen LogP contribution in [0.15, 0.2) is 33.9 Å². The number of halogens is 1. The molecule has 3 rings (SSSR count). The summed E-state index contributed by atoms with van der Waals surface area (Å²) >= 11 is 5.87. The highest BCUT2D eigenvalue weighted by Gasteiger charge is 2.35. The Kier molecular flexibility index (Phi) is 3.37. The fourth-order valence-corrected chi connectivity index (χ4v) is 2.76. The molecule has 0 atom stereocenters. The maximum atomic E-state index is 9.29. The molecule has 0 radical (unpaired) electrons. The van der Waals surface area contributed by atoms with Gasteiger partial charge in [0.25, 0.3) is 0 Å². The van der Waals surface area contributed by atoms with Crippen LogP contribution < -0.4 is 5.32 Å². The largest absolute Gasteiger partial charge is 0.411 e. The number of aromatic nitrogens is 1. The Bertz CT molecular complexity index is 689. The first kappa shape index (κ1) is 13.9. The number of fused-ring (bicyclic) bond motifs is 1. The summed E-state index contributed by atoms with van der Waals surface area (Å²) in [5.74, 6) is 0.496. The Morgan fingerprint density at radius 2 is 2.00 bits per heavy atom. The molecule has 1 aromatic heterocycles. The minimum Gasteiger partial charge on any atom is -0.411 e. The van der Waals surface area contributed by atoms with Gasteiger partial charge < -0.3 is 15.0 Å². The summed E-state index contributed by atoms with van der Waals surface area (Å²) < 4.78 is 5.39. The molecule has 1 heterocycles. The lowest BCUT2D eigenvalue weighted by molar-refractivity contribution is 0.305. The van der Waals surface area contributed by atoms with E-state index in [4.69, 9.17) is 16.1 Å². The molecule has 110 valence electrons. The van der Waals surface area contributed by atoms with Crippen molar-refractivity contribution in [3.8, 4) is 0 Å². The second-order valence-electron chi connectivity index (χ2n) is 6.03. The Labute approximate surface area is 127 Å². The summed E-state index contributed by atoms with van der Waals surface area (Å²) in [7, 11) is 0. The molecule has 21 heavy (non-hydrogen) atoms. The summed E-state index contributed by atoms with van der Waals surface area (Å²) in [6.45, 7) is 4.23. The molecule has 2 aromatic rings. The fourth-order valence-electron chi connectivity index (χ4n) is 2.63. The van der Waals surface area contributed by atoms with Crippen molar-refractivity contribution in [3.05, 3.63) is 40.5 Å². The lowest BCUT2D eigenvalue weighted by atomic mass is 9.76. The first-order valence-electron chi connectivity index (χ1n) is 6.71. The van der Waals surface area contributed by atoms with Crippen molar-refractivity contribution >= 4 is 28.9 Å². The Morgan fingerprint density at radius 3 is 2.67 bits per heavy atom. The quantitative estimate of drug-likeness (QED) is 0.643. The maximum absolute atomic E-state index is 9.29. The van der Waals surface area contributed by atoms with Gasteiger partial charge in [-0.05, 0) is 42.5 Å². The molecule has 0 amide bonds. The molecule has 0 aliphatic heterocycles. The van der Waals surface area contributed by atoms with Gasteiger partial charge in [-0.1, -0.05) is 35.8 Å². The minimum atomic E-state index is 0.00296. The van der Waals surface area contributed by atoms with Gasteiger partial charge >= 0.3 is 0 Å². The van der Waals surface area contributed by atoms with Crippen molar-refractivity contribution in [1.82, 2.24) is 5.16 Å². The van der Waals surface area contributed by atoms with Gasteiger partial charge in [0.15, 0.2) is 0 Å². The molecule has 1 aromatic carbocycles. The number of hydrogen-bond acceptors (Lipinski definition) is 5. The van der Waals surface area contributed by atoms with Crippen molar-refractivity contribution in [3.63, 3.8) is 0 Å². The van der Waals surface area contributed by atoms with Crippen LogP contribution in [0.5, 0.6) is 0 Å². The van der Waals surface area contributed by atoms with E-state index < -0.39 is 0 Å². The standard InChI is InChI=1S/C15H16ClN3O2/c1-15(2)7-11(18-20)13-12(8-15)19-21-14(13)17-10-5-3-9(16)4-6-10/h3-6,17,20H,7-8H2,1-2H3. The van der Waals surface area contributed by atoms with Crippen LogP contribution in [0.25, 0.3) is 0 Å². The summed E-state index contributed by atoms with van der Waals surface area (Å²) in [4.78, 5) is 0. The SMILES string of the molecule is CC1(C)CC(=NO)c2c(noc2Nc2ccc(Cl)cc2)C1. The molecule has 0 saturated heterocycles. The van der Waals surface area contributed by atoms with Gasteiger partial charge in [-0.25, -0.2) is 0 Å². The summed E-state index contributed by atoms with van der Waals surface area (Å²) in [5.41, 5.74) is 3.00. The number of hydrogen-bond donors (Lipinski definition) is 2. The van der Waals surface area contributed by atoms with Crippen LogP contribution >= 0.6 is 11.6 Å². The van der Waals surface area contributed by atoms with Gasteiger partial charge in [0.1, 0.15) is 0 Å². The lowest BCUT2D eigenvalue weighted by Crippen LogP contribution is -2.27. The van der Waals surface area contributed by atoms with Crippen LogP contribution in [0.4, 0.5) is 11.6 Å². The van der Waals surface area contributed by atoms with E-state index >= 15 is 0 Å². The van der Waals surface area contributed by atoms with E-state index in [0.29, 0.717) is 23.0 Å². The van der Waals surface area contributed by atoms with Crippen molar-refractivity contribution in [1.29, 1.82) is 0 Å². The molecule has 0 spiro atoms. The Morgan fingerprint density at radius 1 is 1.29 bits per heavy atom. The number of benzene rings is 1. The molecule has 5 nitrogen and oxygen atoms in total. The van der Waals surface area contributed by atoms with Gasteiger partial charge in [0, 0.05) is 10.7 Å². The van der Waals surface area contributed by atoms with E-state index in [1.54, 1.807) is 12.1 Å². The highest BCUT2D eigenvalue weighted by Crippen LogP contribution is 2.38. The number of nitrogens with zero attached hydrogens (tertiary/aromatic N) is 2. The highest BCUT2D eigenvalue weighted by atomic mass is 35.5. The third kappa shape index (κ3) is 2.74. The van der Waals surface area contributed by atoms with E-state index in [-0.39, 0.29) is 5.41 Å². The van der Waals surface area contributed by atoms with E-state index in [1.165, 1.54) is 0 Å². The van der Waals surface area contributed by atoms with E-state index in [9.17, 15) is 5.21 Å². The lowest BCUT2D eigenvalue weighted by Gasteiger charge is -2.28. The van der Waals surface area contributed by atoms with Crippen LogP contribution in [-0.4, -0.2) is 16.1 Å². The second-order valence-corrected chi connectivity index (χ2v) is 6.47. The molecular formula is C15H16ClN3O2. The Hall–Kier alpha value is -2.01. The monoisotopic (exact) mass is 305 g/mol.